The zero-order chi connectivity index (χ0) is 43.0. The lowest BCUT2D eigenvalue weighted by Crippen LogP contribution is -2.57. The number of hydrogen-bond donors (Lipinski definition) is 0. The summed E-state index contributed by atoms with van der Waals surface area (Å²) in [6.07, 6.45) is 0. The Hall–Kier alpha value is -2.47. The minimum Gasteiger partial charge on any atom is -0.0656 e. The van der Waals surface area contributed by atoms with Crippen LogP contribution in [0.25, 0.3) is 0 Å². The Labute approximate surface area is 356 Å². The van der Waals surface area contributed by atoms with Gasteiger partial charge >= 0.3 is 0 Å². The van der Waals surface area contributed by atoms with Crippen molar-refractivity contribution in [1.82, 2.24) is 0 Å². The molecular weight excluding hydrogens is 733 g/mol. The fourth-order valence-electron chi connectivity index (χ4n) is 8.66. The molecule has 57 heavy (non-hydrogen) atoms. The molecule has 0 fully saturated rings. The van der Waals surface area contributed by atoms with Crippen LogP contribution in [0, 0.1) is 0 Å². The van der Waals surface area contributed by atoms with Gasteiger partial charge in [-0.1, -0.05) is 210 Å². The zero-order valence-electron chi connectivity index (χ0n) is 40.5. The van der Waals surface area contributed by atoms with Gasteiger partial charge in [0.15, 0.2) is 0 Å². The van der Waals surface area contributed by atoms with E-state index < -0.39 is 23.9 Å². The van der Waals surface area contributed by atoms with Crippen LogP contribution in [0.4, 0.5) is 0 Å². The molecule has 4 aromatic carbocycles. The fraction of sp³-hybridized carbons (Fsp3) is 0.556. The summed E-state index contributed by atoms with van der Waals surface area (Å²) >= 11 is 0. The molecule has 0 saturated carbocycles. The standard InChI is InChI=1S/C54H82Si3/c1-32(2)41-26-46(35(7)8)52(47(27-41)36(9)10)55(44-22-24-45(25-23-44)57(19,20)21)56(53-48(37(11)12)28-42(33(3)4)29-49(53)38(13)14)54-50(39(15)16)30-43(34(5)6)31-51(54)40(17)18/h22-40H,1-21H3. The van der Waals surface area contributed by atoms with E-state index in [2.05, 4.69) is 205 Å². The van der Waals surface area contributed by atoms with Crippen LogP contribution < -0.4 is 25.9 Å². The fourth-order valence-corrected chi connectivity index (χ4v) is 22.0. The molecular formula is C54H82Si3. The molecule has 0 nitrogen and oxygen atoms in total. The maximum Gasteiger partial charge on any atom is 0.0775 e. The largest absolute Gasteiger partial charge is 0.0775 e. The van der Waals surface area contributed by atoms with Gasteiger partial charge in [-0.25, -0.2) is 0 Å². The van der Waals surface area contributed by atoms with Crippen LogP contribution in [0.15, 0.2) is 60.7 Å². The van der Waals surface area contributed by atoms with Crippen molar-refractivity contribution in [1.29, 1.82) is 0 Å². The molecule has 0 saturated heterocycles. The van der Waals surface area contributed by atoms with Crippen LogP contribution in [-0.4, -0.2) is 23.9 Å². The molecule has 0 bridgehead atoms. The summed E-state index contributed by atoms with van der Waals surface area (Å²) in [7, 11) is -4.48. The van der Waals surface area contributed by atoms with Gasteiger partial charge in [0.1, 0.15) is 0 Å². The van der Waals surface area contributed by atoms with E-state index in [0.717, 1.165) is 0 Å². The van der Waals surface area contributed by atoms with E-state index in [-0.39, 0.29) is 0 Å². The molecule has 0 radical (unpaired) electrons. The van der Waals surface area contributed by atoms with Gasteiger partial charge in [0.25, 0.3) is 0 Å². The maximum atomic E-state index is 2.66. The van der Waals surface area contributed by atoms with Crippen LogP contribution >= 0.6 is 0 Å². The van der Waals surface area contributed by atoms with Crippen LogP contribution in [0.1, 0.15) is 228 Å². The molecule has 310 valence electrons. The van der Waals surface area contributed by atoms with Crippen molar-refractivity contribution < 1.29 is 0 Å². The lowest BCUT2D eigenvalue weighted by molar-refractivity contribution is 0.810. The minimum absolute atomic E-state index is 0.422. The lowest BCUT2D eigenvalue weighted by Gasteiger charge is -2.33. The molecule has 0 amide bonds. The Morgan fingerprint density at radius 1 is 0.316 bits per heavy atom. The predicted octanol–water partition coefficient (Wildman–Crippen LogP) is 13.3. The third-order valence-electron chi connectivity index (χ3n) is 12.4. The van der Waals surface area contributed by atoms with Crippen molar-refractivity contribution in [2.24, 2.45) is 0 Å². The number of hydrogen-bond acceptors (Lipinski definition) is 0. The molecule has 3 heteroatoms. The van der Waals surface area contributed by atoms with Gasteiger partial charge in [0.2, 0.25) is 0 Å². The first-order valence-corrected chi connectivity index (χ1v) is 30.3. The summed E-state index contributed by atoms with van der Waals surface area (Å²) in [6, 6.07) is 26.3. The molecule has 0 N–H and O–H groups in total. The SMILES string of the molecule is CC(C)c1cc(C(C)C)c([Si](c2ccc([Si](C)(C)C)cc2)=[Si](c2c(C(C)C)cc(C(C)C)cc2C(C)C)c2c(C(C)C)cc(C(C)C)cc2C(C)C)c(C(C)C)c1. The van der Waals surface area contributed by atoms with Crippen molar-refractivity contribution in [3.8, 4) is 0 Å². The highest BCUT2D eigenvalue weighted by atomic mass is 28.9. The molecule has 0 aliphatic carbocycles. The second-order valence-corrected chi connectivity index (χ2v) is 32.8. The second-order valence-electron chi connectivity index (χ2n) is 21.2. The van der Waals surface area contributed by atoms with Crippen molar-refractivity contribution >= 4 is 49.8 Å². The Morgan fingerprint density at radius 2 is 0.544 bits per heavy atom. The van der Waals surface area contributed by atoms with Crippen molar-refractivity contribution in [3.63, 3.8) is 0 Å². The summed E-state index contributed by atoms with van der Waals surface area (Å²) in [5.74, 6) is 3.99. The van der Waals surface area contributed by atoms with E-state index in [1.165, 1.54) is 16.7 Å². The smallest absolute Gasteiger partial charge is 0.0656 e. The summed E-state index contributed by atoms with van der Waals surface area (Å²) < 4.78 is 0. The lowest BCUT2D eigenvalue weighted by atomic mass is 9.89. The monoisotopic (exact) mass is 815 g/mol. The van der Waals surface area contributed by atoms with Crippen molar-refractivity contribution in [3.05, 3.63) is 111 Å². The zero-order valence-corrected chi connectivity index (χ0v) is 43.5. The van der Waals surface area contributed by atoms with Crippen LogP contribution in [0.5, 0.6) is 0 Å². The Bertz CT molecular complexity index is 1880. The highest BCUT2D eigenvalue weighted by molar-refractivity contribution is 7.19. The Kier molecular flexibility index (Phi) is 15.6. The predicted molar refractivity (Wildman–Crippen MR) is 266 cm³/mol. The third-order valence-corrected chi connectivity index (χ3v) is 23.8. The van der Waals surface area contributed by atoms with E-state index in [1.807, 2.05) is 0 Å². The van der Waals surface area contributed by atoms with Gasteiger partial charge in [0, 0.05) is 0 Å². The van der Waals surface area contributed by atoms with E-state index >= 15 is 0 Å². The van der Waals surface area contributed by atoms with E-state index in [0.29, 0.717) is 53.3 Å². The Morgan fingerprint density at radius 3 is 0.737 bits per heavy atom. The van der Waals surface area contributed by atoms with Gasteiger partial charge in [-0.05, 0) is 124 Å². The van der Waals surface area contributed by atoms with Crippen LogP contribution in [0.2, 0.25) is 19.6 Å². The van der Waals surface area contributed by atoms with Gasteiger partial charge in [-0.2, -0.15) is 0 Å². The Balaban J connectivity index is 2.63. The van der Waals surface area contributed by atoms with Crippen molar-refractivity contribution in [2.45, 2.75) is 198 Å². The average Bonchev–Trinajstić information content (AvgIpc) is 3.11. The molecule has 0 spiro atoms. The molecule has 0 aromatic heterocycles. The number of rotatable bonds is 14. The van der Waals surface area contributed by atoms with E-state index in [9.17, 15) is 0 Å². The van der Waals surface area contributed by atoms with Gasteiger partial charge in [-0.3, -0.25) is 0 Å². The molecule has 0 atom stereocenters. The minimum atomic E-state index is -1.51. The highest BCUT2D eigenvalue weighted by Crippen LogP contribution is 2.31. The van der Waals surface area contributed by atoms with Crippen molar-refractivity contribution in [2.75, 3.05) is 0 Å². The topological polar surface area (TPSA) is 0 Å². The summed E-state index contributed by atoms with van der Waals surface area (Å²) in [4.78, 5) is 0. The normalized spacial score (nSPS) is 12.7. The molecule has 0 heterocycles. The maximum absolute atomic E-state index is 2.66. The molecule has 0 unspecified atom stereocenters. The number of benzene rings is 4. The first-order chi connectivity index (χ1) is 26.4. The average molecular weight is 816 g/mol. The first kappa shape index (κ1) is 47.2. The van der Waals surface area contributed by atoms with Crippen LogP contribution in [0.3, 0.4) is 0 Å². The second kappa shape index (κ2) is 18.8. The van der Waals surface area contributed by atoms with E-state index in [4.69, 9.17) is 0 Å². The molecule has 4 rings (SSSR count). The first-order valence-electron chi connectivity index (χ1n) is 22.8. The van der Waals surface area contributed by atoms with Gasteiger partial charge in [-0.15, -0.1) is 0 Å². The summed E-state index contributed by atoms with van der Waals surface area (Å²) in [5.41, 5.74) is 14.1. The summed E-state index contributed by atoms with van der Waals surface area (Å²) in [5, 5.41) is 8.35. The highest BCUT2D eigenvalue weighted by Gasteiger charge is 2.33. The van der Waals surface area contributed by atoms with Gasteiger partial charge < -0.3 is 0 Å². The van der Waals surface area contributed by atoms with Crippen LogP contribution in [-0.2, 0) is 0 Å². The molecule has 0 aliphatic rings. The quantitative estimate of drug-likeness (QED) is 0.111. The molecule has 4 aromatic rings. The molecule has 0 aliphatic heterocycles. The van der Waals surface area contributed by atoms with Gasteiger partial charge in [0.05, 0.1) is 23.9 Å². The van der Waals surface area contributed by atoms with E-state index in [1.54, 1.807) is 59.3 Å². The third kappa shape index (κ3) is 10.3. The summed E-state index contributed by atoms with van der Waals surface area (Å²) in [6.45, 7) is 51.6.